The molecule has 3 N–H and O–H groups in total. The second-order valence-corrected chi connectivity index (χ2v) is 5.80. The lowest BCUT2D eigenvalue weighted by Crippen LogP contribution is -2.48. The molecule has 2 aromatic rings. The van der Waals surface area contributed by atoms with E-state index in [2.05, 4.69) is 25.9 Å². The molecule has 1 fully saturated rings. The van der Waals surface area contributed by atoms with E-state index in [0.29, 0.717) is 12.5 Å². The maximum absolute atomic E-state index is 12.9. The first-order chi connectivity index (χ1) is 12.1. The molecular weight excluding hydrogens is 325 g/mol. The summed E-state index contributed by atoms with van der Waals surface area (Å²) in [6.45, 7) is 2.46. The van der Waals surface area contributed by atoms with Crippen molar-refractivity contribution < 1.29 is 14.0 Å². The average molecular weight is 343 g/mol. The SMILES string of the molecule is O=C(NCc1ccc(F)cc1)c1nccnc1C(=O)NCC1CNC1. The van der Waals surface area contributed by atoms with Gasteiger partial charge in [0.25, 0.3) is 11.8 Å². The maximum Gasteiger partial charge on any atom is 0.272 e. The smallest absolute Gasteiger partial charge is 0.272 e. The van der Waals surface area contributed by atoms with E-state index in [9.17, 15) is 14.0 Å². The van der Waals surface area contributed by atoms with Gasteiger partial charge in [-0.2, -0.15) is 0 Å². The Labute approximate surface area is 144 Å². The Balaban J connectivity index is 1.63. The van der Waals surface area contributed by atoms with E-state index >= 15 is 0 Å². The largest absolute Gasteiger partial charge is 0.350 e. The lowest BCUT2D eigenvalue weighted by molar-refractivity contribution is 0.0903. The van der Waals surface area contributed by atoms with Crippen LogP contribution in [-0.4, -0.2) is 41.4 Å². The molecule has 3 rings (SSSR count). The third-order valence-electron chi connectivity index (χ3n) is 3.91. The van der Waals surface area contributed by atoms with Gasteiger partial charge in [-0.15, -0.1) is 0 Å². The number of hydrogen-bond donors (Lipinski definition) is 3. The van der Waals surface area contributed by atoms with Gasteiger partial charge in [0, 0.05) is 44.5 Å². The van der Waals surface area contributed by atoms with Crippen molar-refractivity contribution >= 4 is 11.8 Å². The number of carbonyl (C=O) groups is 2. The Morgan fingerprint density at radius 1 is 1.04 bits per heavy atom. The zero-order valence-electron chi connectivity index (χ0n) is 13.5. The van der Waals surface area contributed by atoms with E-state index in [1.807, 2.05) is 0 Å². The van der Waals surface area contributed by atoms with E-state index in [1.165, 1.54) is 24.5 Å². The number of rotatable bonds is 6. The Morgan fingerprint density at radius 2 is 1.64 bits per heavy atom. The van der Waals surface area contributed by atoms with Gasteiger partial charge in [0.15, 0.2) is 11.4 Å². The van der Waals surface area contributed by atoms with Crippen molar-refractivity contribution in [2.45, 2.75) is 6.54 Å². The standard InChI is InChI=1S/C17H18FN5O2/c18-13-3-1-11(2-4-13)9-22-16(24)14-15(21-6-5-20-14)17(25)23-10-12-7-19-8-12/h1-6,12,19H,7-10H2,(H,22,24)(H,23,25). The molecule has 1 aliphatic rings. The van der Waals surface area contributed by atoms with Crippen LogP contribution in [0.1, 0.15) is 26.5 Å². The molecule has 130 valence electrons. The minimum atomic E-state index is -0.507. The molecule has 0 aliphatic carbocycles. The van der Waals surface area contributed by atoms with Crippen LogP contribution in [0.15, 0.2) is 36.7 Å². The molecule has 0 atom stereocenters. The van der Waals surface area contributed by atoms with Crippen molar-refractivity contribution in [3.8, 4) is 0 Å². The molecule has 0 radical (unpaired) electrons. The van der Waals surface area contributed by atoms with Gasteiger partial charge < -0.3 is 16.0 Å². The minimum Gasteiger partial charge on any atom is -0.350 e. The normalized spacial score (nSPS) is 13.8. The van der Waals surface area contributed by atoms with E-state index in [0.717, 1.165) is 18.7 Å². The van der Waals surface area contributed by atoms with Crippen LogP contribution in [0.25, 0.3) is 0 Å². The van der Waals surface area contributed by atoms with Gasteiger partial charge in [-0.1, -0.05) is 12.1 Å². The summed E-state index contributed by atoms with van der Waals surface area (Å²) < 4.78 is 12.9. The van der Waals surface area contributed by atoms with Gasteiger partial charge in [-0.25, -0.2) is 14.4 Å². The molecule has 25 heavy (non-hydrogen) atoms. The van der Waals surface area contributed by atoms with Crippen molar-refractivity contribution in [2.75, 3.05) is 19.6 Å². The topological polar surface area (TPSA) is 96.0 Å². The van der Waals surface area contributed by atoms with Gasteiger partial charge in [0.2, 0.25) is 0 Å². The summed E-state index contributed by atoms with van der Waals surface area (Å²) >= 11 is 0. The summed E-state index contributed by atoms with van der Waals surface area (Å²) in [5.41, 5.74) is 0.697. The second-order valence-electron chi connectivity index (χ2n) is 5.80. The number of benzene rings is 1. The predicted octanol–water partition coefficient (Wildman–Crippen LogP) is 0.495. The number of nitrogens with zero attached hydrogens (tertiary/aromatic N) is 2. The molecule has 7 nitrogen and oxygen atoms in total. The summed E-state index contributed by atoms with van der Waals surface area (Å²) in [7, 11) is 0. The zero-order valence-corrected chi connectivity index (χ0v) is 13.5. The van der Waals surface area contributed by atoms with Crippen molar-refractivity contribution in [3.63, 3.8) is 0 Å². The highest BCUT2D eigenvalue weighted by molar-refractivity contribution is 6.04. The highest BCUT2D eigenvalue weighted by Gasteiger charge is 2.22. The summed E-state index contributed by atoms with van der Waals surface area (Å²) in [6.07, 6.45) is 2.73. The highest BCUT2D eigenvalue weighted by Crippen LogP contribution is 2.06. The number of hydrogen-bond acceptors (Lipinski definition) is 5. The van der Waals surface area contributed by atoms with Crippen LogP contribution in [0.5, 0.6) is 0 Å². The summed E-state index contributed by atoms with van der Waals surface area (Å²) in [5, 5.41) is 8.56. The van der Waals surface area contributed by atoms with Crippen molar-refractivity contribution in [1.82, 2.24) is 25.9 Å². The molecule has 0 unspecified atom stereocenters. The summed E-state index contributed by atoms with van der Waals surface area (Å²) in [6, 6.07) is 5.79. The van der Waals surface area contributed by atoms with Gasteiger partial charge >= 0.3 is 0 Å². The minimum absolute atomic E-state index is 0.00797. The van der Waals surface area contributed by atoms with E-state index in [-0.39, 0.29) is 23.7 Å². The Hall–Kier alpha value is -2.87. The molecule has 2 heterocycles. The third kappa shape index (κ3) is 4.36. The van der Waals surface area contributed by atoms with E-state index in [1.54, 1.807) is 12.1 Å². The van der Waals surface area contributed by atoms with Crippen LogP contribution in [0, 0.1) is 11.7 Å². The van der Waals surface area contributed by atoms with Crippen molar-refractivity contribution in [2.24, 2.45) is 5.92 Å². The van der Waals surface area contributed by atoms with Crippen LogP contribution in [0.2, 0.25) is 0 Å². The first-order valence-corrected chi connectivity index (χ1v) is 7.96. The predicted molar refractivity (Wildman–Crippen MR) is 88.3 cm³/mol. The molecule has 0 saturated carbocycles. The molecular formula is C17H18FN5O2. The van der Waals surface area contributed by atoms with E-state index in [4.69, 9.17) is 0 Å². The van der Waals surface area contributed by atoms with Crippen molar-refractivity contribution in [3.05, 3.63) is 59.4 Å². The molecule has 8 heteroatoms. The van der Waals surface area contributed by atoms with Gasteiger partial charge in [0.1, 0.15) is 5.82 Å². The first-order valence-electron chi connectivity index (χ1n) is 7.96. The lowest BCUT2D eigenvalue weighted by Gasteiger charge is -2.27. The van der Waals surface area contributed by atoms with Crippen LogP contribution in [0.3, 0.4) is 0 Å². The monoisotopic (exact) mass is 343 g/mol. The molecule has 1 saturated heterocycles. The van der Waals surface area contributed by atoms with Crippen LogP contribution in [-0.2, 0) is 6.54 Å². The number of nitrogens with one attached hydrogen (secondary N) is 3. The second kappa shape index (κ2) is 7.80. The Bertz CT molecular complexity index is 762. The zero-order chi connectivity index (χ0) is 17.6. The molecule has 0 spiro atoms. The van der Waals surface area contributed by atoms with Gasteiger partial charge in [0.05, 0.1) is 0 Å². The van der Waals surface area contributed by atoms with Gasteiger partial charge in [-0.3, -0.25) is 9.59 Å². The molecule has 1 aliphatic heterocycles. The first kappa shape index (κ1) is 17.0. The summed E-state index contributed by atoms with van der Waals surface area (Å²) in [5.74, 6) is -0.874. The van der Waals surface area contributed by atoms with Gasteiger partial charge in [-0.05, 0) is 17.7 Å². The number of amides is 2. The fraction of sp³-hybridized carbons (Fsp3) is 0.294. The number of halogens is 1. The van der Waals surface area contributed by atoms with Crippen LogP contribution >= 0.6 is 0 Å². The molecule has 1 aromatic heterocycles. The Kier molecular flexibility index (Phi) is 5.30. The third-order valence-corrected chi connectivity index (χ3v) is 3.91. The maximum atomic E-state index is 12.9. The van der Waals surface area contributed by atoms with Crippen LogP contribution in [0.4, 0.5) is 4.39 Å². The molecule has 2 amide bonds. The quantitative estimate of drug-likeness (QED) is 0.710. The van der Waals surface area contributed by atoms with Crippen molar-refractivity contribution in [1.29, 1.82) is 0 Å². The average Bonchev–Trinajstić information content (AvgIpc) is 2.59. The summed E-state index contributed by atoms with van der Waals surface area (Å²) in [4.78, 5) is 32.6. The number of carbonyl (C=O) groups excluding carboxylic acids is 2. The fourth-order valence-corrected chi connectivity index (χ4v) is 2.35. The highest BCUT2D eigenvalue weighted by atomic mass is 19.1. The number of aromatic nitrogens is 2. The van der Waals surface area contributed by atoms with E-state index < -0.39 is 11.8 Å². The fourth-order valence-electron chi connectivity index (χ4n) is 2.35. The molecule has 1 aromatic carbocycles. The Morgan fingerprint density at radius 3 is 2.20 bits per heavy atom. The lowest BCUT2D eigenvalue weighted by atomic mass is 10.0. The molecule has 0 bridgehead atoms. The van der Waals surface area contributed by atoms with Crippen LogP contribution < -0.4 is 16.0 Å².